The number of carbonyl (C=O) groups excluding carboxylic acids is 1. The molecular weight excluding hydrogens is 432 g/mol. The number of thioether (sulfide) groups is 1. The van der Waals surface area contributed by atoms with Crippen LogP contribution in [0.2, 0.25) is 0 Å². The first-order valence-corrected chi connectivity index (χ1v) is 12.2. The molecule has 1 amide bonds. The fraction of sp³-hybridized carbons (Fsp3) is 0.423. The van der Waals surface area contributed by atoms with E-state index >= 15 is 0 Å². The zero-order valence-electron chi connectivity index (χ0n) is 20.5. The van der Waals surface area contributed by atoms with Gasteiger partial charge in [-0.15, -0.1) is 10.2 Å². The van der Waals surface area contributed by atoms with Crippen LogP contribution in [0.25, 0.3) is 17.1 Å². The number of methoxy groups -OCH3 is 1. The predicted octanol–water partition coefficient (Wildman–Crippen LogP) is 5.49. The van der Waals surface area contributed by atoms with Crippen molar-refractivity contribution in [3.8, 4) is 22.8 Å². The van der Waals surface area contributed by atoms with Crippen LogP contribution in [0, 0.1) is 5.92 Å². The molecule has 0 aliphatic rings. The summed E-state index contributed by atoms with van der Waals surface area (Å²) in [5.74, 6) is 2.15. The molecule has 3 aromatic rings. The summed E-state index contributed by atoms with van der Waals surface area (Å²) in [6.07, 6.45) is 0. The van der Waals surface area contributed by atoms with E-state index in [9.17, 15) is 4.79 Å². The van der Waals surface area contributed by atoms with Crippen LogP contribution >= 0.6 is 11.8 Å². The topological polar surface area (TPSA) is 69.0 Å². The summed E-state index contributed by atoms with van der Waals surface area (Å²) >= 11 is 1.38. The molecule has 6 nitrogen and oxygen atoms in total. The second-order valence-electron chi connectivity index (χ2n) is 9.56. The highest BCUT2D eigenvalue weighted by molar-refractivity contribution is 7.99. The van der Waals surface area contributed by atoms with Gasteiger partial charge in [-0.1, -0.05) is 70.6 Å². The zero-order chi connectivity index (χ0) is 24.2. The average Bonchev–Trinajstić information content (AvgIpc) is 3.21. The van der Waals surface area contributed by atoms with Gasteiger partial charge in [0.05, 0.1) is 12.9 Å². The maximum atomic E-state index is 12.5. The Morgan fingerprint density at radius 1 is 1.03 bits per heavy atom. The molecule has 0 saturated heterocycles. The van der Waals surface area contributed by atoms with E-state index in [0.29, 0.717) is 11.1 Å². The van der Waals surface area contributed by atoms with Crippen LogP contribution in [-0.2, 0) is 10.2 Å². The number of hydrogen-bond donors (Lipinski definition) is 1. The summed E-state index contributed by atoms with van der Waals surface area (Å²) in [6.45, 7) is 12.8. The smallest absolute Gasteiger partial charge is 0.230 e. The van der Waals surface area contributed by atoms with E-state index in [-0.39, 0.29) is 23.1 Å². The molecule has 0 fully saturated rings. The number of amides is 1. The molecule has 1 atom stereocenters. The minimum atomic E-state index is -0.0124. The van der Waals surface area contributed by atoms with Crippen LogP contribution in [0.15, 0.2) is 53.7 Å². The van der Waals surface area contributed by atoms with Crippen molar-refractivity contribution < 1.29 is 9.53 Å². The summed E-state index contributed by atoms with van der Waals surface area (Å²) in [6, 6.07) is 16.3. The molecule has 1 aromatic heterocycles. The maximum absolute atomic E-state index is 12.5. The van der Waals surface area contributed by atoms with Gasteiger partial charge in [0.25, 0.3) is 0 Å². The highest BCUT2D eigenvalue weighted by Gasteiger charge is 2.20. The lowest BCUT2D eigenvalue weighted by molar-refractivity contribution is -0.119. The molecule has 0 spiro atoms. The fourth-order valence-corrected chi connectivity index (χ4v) is 3.99. The number of nitrogens with one attached hydrogen (secondary N) is 1. The maximum Gasteiger partial charge on any atom is 0.230 e. The second-order valence-corrected chi connectivity index (χ2v) is 10.5. The molecule has 7 heteroatoms. The molecular formula is C26H34N4O2S. The molecule has 1 heterocycles. The summed E-state index contributed by atoms with van der Waals surface area (Å²) in [7, 11) is 1.65. The Morgan fingerprint density at radius 3 is 2.21 bits per heavy atom. The molecule has 0 saturated carbocycles. The molecule has 176 valence electrons. The first kappa shape index (κ1) is 24.8. The Labute approximate surface area is 201 Å². The van der Waals surface area contributed by atoms with Gasteiger partial charge in [0.1, 0.15) is 5.75 Å². The van der Waals surface area contributed by atoms with Gasteiger partial charge >= 0.3 is 0 Å². The van der Waals surface area contributed by atoms with E-state index in [1.807, 2.05) is 35.8 Å². The number of benzene rings is 2. The van der Waals surface area contributed by atoms with Gasteiger partial charge < -0.3 is 10.1 Å². The molecule has 33 heavy (non-hydrogen) atoms. The molecule has 0 radical (unpaired) electrons. The quantitative estimate of drug-likeness (QED) is 0.444. The van der Waals surface area contributed by atoms with Crippen LogP contribution in [0.4, 0.5) is 0 Å². The number of nitrogens with zero attached hydrogens (tertiary/aromatic N) is 3. The van der Waals surface area contributed by atoms with Crippen LogP contribution < -0.4 is 10.1 Å². The summed E-state index contributed by atoms with van der Waals surface area (Å²) in [5, 5.41) is 12.6. The molecule has 0 aliphatic heterocycles. The highest BCUT2D eigenvalue weighted by Crippen LogP contribution is 2.30. The van der Waals surface area contributed by atoms with E-state index in [1.54, 1.807) is 7.11 Å². The summed E-state index contributed by atoms with van der Waals surface area (Å²) in [5.41, 5.74) is 3.21. The number of aromatic nitrogens is 3. The minimum Gasteiger partial charge on any atom is -0.497 e. The number of hydrogen-bond acceptors (Lipinski definition) is 5. The second kappa shape index (κ2) is 10.4. The van der Waals surface area contributed by atoms with Gasteiger partial charge in [0.2, 0.25) is 5.91 Å². The van der Waals surface area contributed by atoms with Gasteiger partial charge in [-0.25, -0.2) is 0 Å². The minimum absolute atomic E-state index is 0.0124. The predicted molar refractivity (Wildman–Crippen MR) is 135 cm³/mol. The Morgan fingerprint density at radius 2 is 1.67 bits per heavy atom. The largest absolute Gasteiger partial charge is 0.497 e. The standard InChI is InChI=1S/C26H34N4O2S/c1-17(2)18(3)27-23(31)16-33-25-29-28-24(19-8-10-20(11-9-19)26(4,5)6)30(25)21-12-14-22(32-7)15-13-21/h8-15,17-18H,16H2,1-7H3,(H,27,31). The SMILES string of the molecule is COc1ccc(-n2c(SCC(=O)NC(C)C(C)C)nnc2-c2ccc(C(C)(C)C)cc2)cc1. The average molecular weight is 467 g/mol. The van der Waals surface area contributed by atoms with Crippen molar-refractivity contribution in [3.63, 3.8) is 0 Å². The van der Waals surface area contributed by atoms with E-state index < -0.39 is 0 Å². The van der Waals surface area contributed by atoms with Gasteiger partial charge in [-0.2, -0.15) is 0 Å². The first-order chi connectivity index (χ1) is 15.6. The Hall–Kier alpha value is -2.80. The lowest BCUT2D eigenvalue weighted by Gasteiger charge is -2.19. The lowest BCUT2D eigenvalue weighted by Crippen LogP contribution is -2.37. The number of carbonyl (C=O) groups is 1. The van der Waals surface area contributed by atoms with E-state index in [0.717, 1.165) is 22.8 Å². The van der Waals surface area contributed by atoms with Crippen molar-refractivity contribution in [2.75, 3.05) is 12.9 Å². The Bertz CT molecular complexity index is 1070. The molecule has 2 aromatic carbocycles. The van der Waals surface area contributed by atoms with Crippen molar-refractivity contribution in [1.82, 2.24) is 20.1 Å². The van der Waals surface area contributed by atoms with E-state index in [2.05, 4.69) is 74.4 Å². The van der Waals surface area contributed by atoms with Crippen molar-refractivity contribution in [2.45, 2.75) is 58.2 Å². The first-order valence-electron chi connectivity index (χ1n) is 11.2. The van der Waals surface area contributed by atoms with Crippen LogP contribution in [0.3, 0.4) is 0 Å². The Kier molecular flexibility index (Phi) is 7.84. The zero-order valence-corrected chi connectivity index (χ0v) is 21.4. The summed E-state index contributed by atoms with van der Waals surface area (Å²) in [4.78, 5) is 12.5. The van der Waals surface area contributed by atoms with Gasteiger partial charge in [0.15, 0.2) is 11.0 Å². The third-order valence-corrected chi connectivity index (χ3v) is 6.62. The van der Waals surface area contributed by atoms with Crippen LogP contribution in [0.5, 0.6) is 5.75 Å². The molecule has 0 bridgehead atoms. The van der Waals surface area contributed by atoms with Crippen molar-refractivity contribution in [2.24, 2.45) is 5.92 Å². The molecule has 1 unspecified atom stereocenters. The Balaban J connectivity index is 1.93. The van der Waals surface area contributed by atoms with Crippen LogP contribution in [-0.4, -0.2) is 39.6 Å². The van der Waals surface area contributed by atoms with Crippen LogP contribution in [0.1, 0.15) is 47.1 Å². The normalized spacial score (nSPS) is 12.6. The third-order valence-electron chi connectivity index (χ3n) is 5.69. The van der Waals surface area contributed by atoms with E-state index in [1.165, 1.54) is 17.3 Å². The lowest BCUT2D eigenvalue weighted by atomic mass is 9.87. The highest BCUT2D eigenvalue weighted by atomic mass is 32.2. The fourth-order valence-electron chi connectivity index (χ4n) is 3.23. The monoisotopic (exact) mass is 466 g/mol. The van der Waals surface area contributed by atoms with E-state index in [4.69, 9.17) is 4.74 Å². The van der Waals surface area contributed by atoms with Gasteiger partial charge in [-0.05, 0) is 48.1 Å². The number of ether oxygens (including phenoxy) is 1. The molecule has 3 rings (SSSR count). The third kappa shape index (κ3) is 6.16. The van der Waals surface area contributed by atoms with Crippen molar-refractivity contribution in [3.05, 3.63) is 54.1 Å². The van der Waals surface area contributed by atoms with Gasteiger partial charge in [-0.3, -0.25) is 9.36 Å². The molecule has 0 aliphatic carbocycles. The summed E-state index contributed by atoms with van der Waals surface area (Å²) < 4.78 is 7.31. The number of rotatable bonds is 8. The van der Waals surface area contributed by atoms with Crippen molar-refractivity contribution >= 4 is 17.7 Å². The molecule has 1 N–H and O–H groups in total. The van der Waals surface area contributed by atoms with Gasteiger partial charge in [0, 0.05) is 17.3 Å². The van der Waals surface area contributed by atoms with Crippen molar-refractivity contribution in [1.29, 1.82) is 0 Å².